The molecule has 0 atom stereocenters. The van der Waals surface area contributed by atoms with Crippen molar-refractivity contribution in [2.45, 2.75) is 20.3 Å². The zero-order valence-electron chi connectivity index (χ0n) is 7.48. The van der Waals surface area contributed by atoms with Crippen molar-refractivity contribution in [3.8, 4) is 0 Å². The van der Waals surface area contributed by atoms with Crippen molar-refractivity contribution < 1.29 is 4.92 Å². The number of rotatable bonds is 3. The van der Waals surface area contributed by atoms with Gasteiger partial charge in [0, 0.05) is 12.5 Å². The van der Waals surface area contributed by atoms with E-state index in [1.165, 1.54) is 11.3 Å². The normalized spacial score (nSPS) is 11.7. The van der Waals surface area contributed by atoms with E-state index in [1.54, 1.807) is 18.5 Å². The Morgan fingerprint density at radius 3 is 2.92 bits per heavy atom. The van der Waals surface area contributed by atoms with E-state index in [0.29, 0.717) is 6.42 Å². The van der Waals surface area contributed by atoms with E-state index in [9.17, 15) is 10.1 Å². The molecule has 0 N–H and O–H groups in total. The quantitative estimate of drug-likeness (QED) is 0.553. The lowest BCUT2D eigenvalue weighted by atomic mass is 10.3. The highest BCUT2D eigenvalue weighted by molar-refractivity contribution is 7.10. The van der Waals surface area contributed by atoms with Gasteiger partial charge in [-0.25, -0.2) is 4.98 Å². The van der Waals surface area contributed by atoms with E-state index in [-0.39, 0.29) is 10.6 Å². The van der Waals surface area contributed by atoms with Crippen LogP contribution in [0.25, 0.3) is 6.08 Å². The van der Waals surface area contributed by atoms with Gasteiger partial charge in [0.25, 0.3) is 0 Å². The minimum Gasteiger partial charge on any atom is -0.259 e. The monoisotopic (exact) mass is 198 g/mol. The van der Waals surface area contributed by atoms with Crippen LogP contribution in [0.4, 0.5) is 0 Å². The van der Waals surface area contributed by atoms with Gasteiger partial charge in [0.05, 0.1) is 21.0 Å². The first kappa shape index (κ1) is 9.85. The summed E-state index contributed by atoms with van der Waals surface area (Å²) in [6.45, 7) is 3.61. The molecule has 0 saturated heterocycles. The Kier molecular flexibility index (Phi) is 3.13. The van der Waals surface area contributed by atoms with Gasteiger partial charge in [-0.05, 0) is 6.92 Å². The summed E-state index contributed by atoms with van der Waals surface area (Å²) in [4.78, 5) is 15.0. The third-order valence-electron chi connectivity index (χ3n) is 1.68. The van der Waals surface area contributed by atoms with Crippen molar-refractivity contribution in [3.05, 3.63) is 31.9 Å². The van der Waals surface area contributed by atoms with Crippen LogP contribution in [0.2, 0.25) is 0 Å². The summed E-state index contributed by atoms with van der Waals surface area (Å²) in [5.41, 5.74) is 2.76. The standard InChI is InChI=1S/C8H10N2O2S/c1-3-7(10(11)12)4-8-6(2)9-5-13-8/h4-5H,3H2,1-2H3/b7-4+. The molecule has 1 heterocycles. The second kappa shape index (κ2) is 4.13. The minimum absolute atomic E-state index is 0.229. The molecule has 0 aliphatic heterocycles. The van der Waals surface area contributed by atoms with Gasteiger partial charge in [0.1, 0.15) is 0 Å². The minimum atomic E-state index is -0.348. The molecule has 4 nitrogen and oxygen atoms in total. The highest BCUT2D eigenvalue weighted by atomic mass is 32.1. The summed E-state index contributed by atoms with van der Waals surface area (Å²) in [6.07, 6.45) is 2.03. The van der Waals surface area contributed by atoms with Gasteiger partial charge < -0.3 is 0 Å². The van der Waals surface area contributed by atoms with Crippen molar-refractivity contribution in [2.75, 3.05) is 0 Å². The SMILES string of the molecule is CC/C(=C\c1scnc1C)[N+](=O)[O-]. The number of hydrogen-bond acceptors (Lipinski definition) is 4. The fourth-order valence-corrected chi connectivity index (χ4v) is 1.64. The van der Waals surface area contributed by atoms with Crippen molar-refractivity contribution in [3.63, 3.8) is 0 Å². The van der Waals surface area contributed by atoms with Gasteiger partial charge in [-0.2, -0.15) is 0 Å². The lowest BCUT2D eigenvalue weighted by Crippen LogP contribution is -1.96. The van der Waals surface area contributed by atoms with Crippen LogP contribution < -0.4 is 0 Å². The van der Waals surface area contributed by atoms with Gasteiger partial charge in [-0.15, -0.1) is 11.3 Å². The predicted molar refractivity (Wildman–Crippen MR) is 52.1 cm³/mol. The van der Waals surface area contributed by atoms with Crippen molar-refractivity contribution >= 4 is 17.4 Å². The molecule has 5 heteroatoms. The molecule has 0 aliphatic carbocycles. The molecule has 0 bridgehead atoms. The molecule has 0 radical (unpaired) electrons. The van der Waals surface area contributed by atoms with Crippen LogP contribution in [0, 0.1) is 17.0 Å². The first-order valence-corrected chi connectivity index (χ1v) is 4.78. The Morgan fingerprint density at radius 1 is 1.85 bits per heavy atom. The van der Waals surface area contributed by atoms with Crippen LogP contribution >= 0.6 is 11.3 Å². The van der Waals surface area contributed by atoms with Gasteiger partial charge in [0.2, 0.25) is 5.70 Å². The highest BCUT2D eigenvalue weighted by Gasteiger charge is 2.09. The summed E-state index contributed by atoms with van der Waals surface area (Å²) in [7, 11) is 0. The Hall–Kier alpha value is -1.23. The van der Waals surface area contributed by atoms with E-state index >= 15 is 0 Å². The van der Waals surface area contributed by atoms with Gasteiger partial charge >= 0.3 is 0 Å². The highest BCUT2D eigenvalue weighted by Crippen LogP contribution is 2.17. The molecule has 1 aromatic heterocycles. The number of aromatic nitrogens is 1. The molecule has 0 saturated carbocycles. The average molecular weight is 198 g/mol. The number of allylic oxidation sites excluding steroid dienone is 1. The molecular formula is C8H10N2O2S. The molecule has 0 aliphatic rings. The van der Waals surface area contributed by atoms with E-state index in [0.717, 1.165) is 10.6 Å². The summed E-state index contributed by atoms with van der Waals surface area (Å²) in [5.74, 6) is 0. The molecule has 1 rings (SSSR count). The third kappa shape index (κ3) is 2.35. The fourth-order valence-electron chi connectivity index (χ4n) is 0.885. The van der Waals surface area contributed by atoms with E-state index < -0.39 is 0 Å². The smallest absolute Gasteiger partial charge is 0.247 e. The number of aryl methyl sites for hydroxylation is 1. The summed E-state index contributed by atoms with van der Waals surface area (Å²) in [5, 5.41) is 10.5. The second-order valence-electron chi connectivity index (χ2n) is 2.55. The van der Waals surface area contributed by atoms with Crippen LogP contribution in [-0.4, -0.2) is 9.91 Å². The Morgan fingerprint density at radius 2 is 2.54 bits per heavy atom. The Bertz CT molecular complexity index is 344. The van der Waals surface area contributed by atoms with Gasteiger partial charge in [-0.3, -0.25) is 10.1 Å². The molecule has 13 heavy (non-hydrogen) atoms. The van der Waals surface area contributed by atoms with Gasteiger partial charge in [0.15, 0.2) is 0 Å². The zero-order chi connectivity index (χ0) is 9.84. The van der Waals surface area contributed by atoms with Crippen molar-refractivity contribution in [2.24, 2.45) is 0 Å². The van der Waals surface area contributed by atoms with Crippen molar-refractivity contribution in [1.82, 2.24) is 4.98 Å². The van der Waals surface area contributed by atoms with Gasteiger partial charge in [-0.1, -0.05) is 6.92 Å². The maximum Gasteiger partial charge on any atom is 0.247 e. The lowest BCUT2D eigenvalue weighted by Gasteiger charge is -1.92. The van der Waals surface area contributed by atoms with Crippen LogP contribution in [0.3, 0.4) is 0 Å². The van der Waals surface area contributed by atoms with Crippen LogP contribution in [-0.2, 0) is 0 Å². The first-order valence-electron chi connectivity index (χ1n) is 3.90. The van der Waals surface area contributed by atoms with Crippen LogP contribution in [0.1, 0.15) is 23.9 Å². The lowest BCUT2D eigenvalue weighted by molar-refractivity contribution is -0.425. The molecular weight excluding hydrogens is 188 g/mol. The van der Waals surface area contributed by atoms with Crippen LogP contribution in [0.15, 0.2) is 11.2 Å². The number of thiazole rings is 1. The number of nitrogens with zero attached hydrogens (tertiary/aromatic N) is 2. The molecule has 70 valence electrons. The summed E-state index contributed by atoms with van der Waals surface area (Å²) in [6, 6.07) is 0. The van der Waals surface area contributed by atoms with Crippen LogP contribution in [0.5, 0.6) is 0 Å². The largest absolute Gasteiger partial charge is 0.259 e. The van der Waals surface area contributed by atoms with E-state index in [2.05, 4.69) is 4.98 Å². The first-order chi connectivity index (χ1) is 6.15. The predicted octanol–water partition coefficient (Wildman–Crippen LogP) is 2.48. The zero-order valence-corrected chi connectivity index (χ0v) is 8.30. The topological polar surface area (TPSA) is 56.0 Å². The molecule has 0 amide bonds. The molecule has 0 fully saturated rings. The number of hydrogen-bond donors (Lipinski definition) is 0. The maximum atomic E-state index is 10.5. The van der Waals surface area contributed by atoms with Crippen molar-refractivity contribution in [1.29, 1.82) is 0 Å². The third-order valence-corrected chi connectivity index (χ3v) is 2.56. The molecule has 0 aromatic carbocycles. The Labute approximate surface area is 80.1 Å². The molecule has 0 unspecified atom stereocenters. The molecule has 1 aromatic rings. The number of nitro groups is 1. The summed E-state index contributed by atoms with van der Waals surface area (Å²) < 4.78 is 0. The maximum absolute atomic E-state index is 10.5. The second-order valence-corrected chi connectivity index (χ2v) is 3.43. The molecule has 0 spiro atoms. The van der Waals surface area contributed by atoms with E-state index in [1.807, 2.05) is 6.92 Å². The Balaban J connectivity index is 2.98. The van der Waals surface area contributed by atoms with E-state index in [4.69, 9.17) is 0 Å². The fraction of sp³-hybridized carbons (Fsp3) is 0.375. The summed E-state index contributed by atoms with van der Waals surface area (Å²) >= 11 is 1.42. The average Bonchev–Trinajstić information content (AvgIpc) is 2.46.